The SMILES string of the molecule is c1ccc2c(c1)Cc1ccccc1-c1[nH]c(-c3c[nH]c4ccccc34)nc1-2. The average Bonchev–Trinajstić information content (AvgIpc) is 3.30. The van der Waals surface area contributed by atoms with Crippen LogP contribution in [0.4, 0.5) is 0 Å². The molecule has 1 aliphatic carbocycles. The maximum Gasteiger partial charge on any atom is 0.140 e. The highest BCUT2D eigenvalue weighted by molar-refractivity contribution is 5.95. The first kappa shape index (κ1) is 14.6. The summed E-state index contributed by atoms with van der Waals surface area (Å²) >= 11 is 0. The molecule has 2 N–H and O–H groups in total. The number of aromatic nitrogens is 3. The van der Waals surface area contributed by atoms with E-state index in [4.69, 9.17) is 4.98 Å². The van der Waals surface area contributed by atoms with Crippen LogP contribution in [0, 0.1) is 0 Å². The van der Waals surface area contributed by atoms with Crippen LogP contribution in [-0.2, 0) is 6.42 Å². The summed E-state index contributed by atoms with van der Waals surface area (Å²) in [4.78, 5) is 12.1. The Kier molecular flexibility index (Phi) is 2.94. The Labute approximate surface area is 156 Å². The van der Waals surface area contributed by atoms with E-state index < -0.39 is 0 Å². The lowest BCUT2D eigenvalue weighted by Gasteiger charge is -2.06. The van der Waals surface area contributed by atoms with Gasteiger partial charge in [-0.3, -0.25) is 0 Å². The summed E-state index contributed by atoms with van der Waals surface area (Å²) < 4.78 is 0. The average molecular weight is 347 g/mol. The largest absolute Gasteiger partial charge is 0.360 e. The molecular formula is C24H17N3. The topological polar surface area (TPSA) is 44.5 Å². The Balaban J connectivity index is 1.66. The van der Waals surface area contributed by atoms with Crippen molar-refractivity contribution in [2.45, 2.75) is 6.42 Å². The molecule has 5 aromatic rings. The summed E-state index contributed by atoms with van der Waals surface area (Å²) in [5.74, 6) is 0.906. The Bertz CT molecular complexity index is 1240. The van der Waals surface area contributed by atoms with Gasteiger partial charge in [-0.2, -0.15) is 0 Å². The van der Waals surface area contributed by atoms with E-state index in [0.29, 0.717) is 0 Å². The van der Waals surface area contributed by atoms with E-state index in [-0.39, 0.29) is 0 Å². The molecule has 3 nitrogen and oxygen atoms in total. The molecule has 0 radical (unpaired) electrons. The maximum atomic E-state index is 5.07. The Morgan fingerprint density at radius 2 is 1.41 bits per heavy atom. The second-order valence-electron chi connectivity index (χ2n) is 7.05. The van der Waals surface area contributed by atoms with Gasteiger partial charge in [0.25, 0.3) is 0 Å². The van der Waals surface area contributed by atoms with Gasteiger partial charge in [0.1, 0.15) is 5.82 Å². The molecule has 2 heterocycles. The summed E-state index contributed by atoms with van der Waals surface area (Å²) in [7, 11) is 0. The number of H-pyrrole nitrogens is 2. The third-order valence-corrected chi connectivity index (χ3v) is 5.49. The van der Waals surface area contributed by atoms with E-state index in [0.717, 1.165) is 34.7 Å². The molecule has 0 unspecified atom stereocenters. The first-order valence-corrected chi connectivity index (χ1v) is 9.21. The van der Waals surface area contributed by atoms with Crippen molar-refractivity contribution in [2.24, 2.45) is 0 Å². The fourth-order valence-electron chi connectivity index (χ4n) is 4.19. The molecule has 0 spiro atoms. The minimum Gasteiger partial charge on any atom is -0.360 e. The molecule has 3 heteroatoms. The van der Waals surface area contributed by atoms with Gasteiger partial charge in [0.05, 0.1) is 11.4 Å². The number of rotatable bonds is 1. The summed E-state index contributed by atoms with van der Waals surface area (Å²) in [6, 6.07) is 25.6. The highest BCUT2D eigenvalue weighted by Gasteiger charge is 2.23. The zero-order chi connectivity index (χ0) is 17.8. The molecular weight excluding hydrogens is 330 g/mol. The van der Waals surface area contributed by atoms with Crippen LogP contribution in [0.15, 0.2) is 79.0 Å². The van der Waals surface area contributed by atoms with Gasteiger partial charge in [-0.05, 0) is 23.6 Å². The first-order valence-electron chi connectivity index (χ1n) is 9.21. The van der Waals surface area contributed by atoms with Crippen molar-refractivity contribution in [2.75, 3.05) is 0 Å². The number of nitrogens with zero attached hydrogens (tertiary/aromatic N) is 1. The molecule has 128 valence electrons. The van der Waals surface area contributed by atoms with Crippen molar-refractivity contribution in [3.05, 3.63) is 90.1 Å². The van der Waals surface area contributed by atoms with Crippen LogP contribution in [0.3, 0.4) is 0 Å². The van der Waals surface area contributed by atoms with E-state index >= 15 is 0 Å². The maximum absolute atomic E-state index is 5.07. The van der Waals surface area contributed by atoms with E-state index in [1.54, 1.807) is 0 Å². The minimum atomic E-state index is 0.906. The van der Waals surface area contributed by atoms with Crippen molar-refractivity contribution >= 4 is 10.9 Å². The van der Waals surface area contributed by atoms with Crippen LogP contribution in [0.1, 0.15) is 11.1 Å². The molecule has 0 fully saturated rings. The van der Waals surface area contributed by atoms with Crippen molar-refractivity contribution < 1.29 is 0 Å². The molecule has 0 amide bonds. The summed E-state index contributed by atoms with van der Waals surface area (Å²) in [6.45, 7) is 0. The van der Waals surface area contributed by atoms with Crippen LogP contribution in [-0.4, -0.2) is 15.0 Å². The van der Waals surface area contributed by atoms with Gasteiger partial charge in [0.15, 0.2) is 0 Å². The normalized spacial score (nSPS) is 12.3. The number of fused-ring (bicyclic) bond motifs is 6. The molecule has 2 aromatic heterocycles. The fourth-order valence-corrected chi connectivity index (χ4v) is 4.19. The van der Waals surface area contributed by atoms with Crippen molar-refractivity contribution in [1.82, 2.24) is 15.0 Å². The van der Waals surface area contributed by atoms with Gasteiger partial charge in [0.2, 0.25) is 0 Å². The lowest BCUT2D eigenvalue weighted by molar-refractivity contribution is 1.20. The molecule has 27 heavy (non-hydrogen) atoms. The van der Waals surface area contributed by atoms with Crippen molar-refractivity contribution in [3.8, 4) is 33.9 Å². The standard InChI is InChI=1S/C24H17N3/c1-3-9-17-15(7-1)13-16-8-2-4-10-18(16)23-22(17)26-24(27-23)20-14-25-21-12-6-5-11-19(20)21/h1-12,14,25H,13H2,(H,26,27). The van der Waals surface area contributed by atoms with Crippen LogP contribution in [0.2, 0.25) is 0 Å². The van der Waals surface area contributed by atoms with Gasteiger partial charge < -0.3 is 9.97 Å². The predicted molar refractivity (Wildman–Crippen MR) is 110 cm³/mol. The Morgan fingerprint density at radius 3 is 2.30 bits per heavy atom. The molecule has 3 aromatic carbocycles. The number of benzene rings is 3. The molecule has 0 bridgehead atoms. The zero-order valence-electron chi connectivity index (χ0n) is 14.7. The van der Waals surface area contributed by atoms with Gasteiger partial charge in [0, 0.05) is 33.8 Å². The molecule has 0 aliphatic heterocycles. The lowest BCUT2D eigenvalue weighted by Crippen LogP contribution is -1.91. The number of hydrogen-bond acceptors (Lipinski definition) is 1. The number of aromatic amines is 2. The fraction of sp³-hybridized carbons (Fsp3) is 0.0417. The smallest absolute Gasteiger partial charge is 0.140 e. The number of imidazole rings is 1. The molecule has 0 atom stereocenters. The third kappa shape index (κ3) is 2.12. The third-order valence-electron chi connectivity index (χ3n) is 5.49. The number of nitrogens with one attached hydrogen (secondary N) is 2. The van der Waals surface area contributed by atoms with Crippen LogP contribution < -0.4 is 0 Å². The van der Waals surface area contributed by atoms with Gasteiger partial charge in [-0.1, -0.05) is 66.7 Å². The zero-order valence-corrected chi connectivity index (χ0v) is 14.7. The van der Waals surface area contributed by atoms with Gasteiger partial charge >= 0.3 is 0 Å². The summed E-state index contributed by atoms with van der Waals surface area (Å²) in [6.07, 6.45) is 2.97. The predicted octanol–water partition coefficient (Wildman–Crippen LogP) is 5.80. The Hall–Kier alpha value is -3.59. The first-order chi connectivity index (χ1) is 13.4. The summed E-state index contributed by atoms with van der Waals surface area (Å²) in [5.41, 5.74) is 9.48. The number of para-hydroxylation sites is 1. The van der Waals surface area contributed by atoms with Crippen molar-refractivity contribution in [1.29, 1.82) is 0 Å². The van der Waals surface area contributed by atoms with Crippen LogP contribution in [0.25, 0.3) is 44.8 Å². The van der Waals surface area contributed by atoms with E-state index in [1.165, 1.54) is 27.6 Å². The lowest BCUT2D eigenvalue weighted by atomic mass is 10.00. The van der Waals surface area contributed by atoms with Gasteiger partial charge in [-0.15, -0.1) is 0 Å². The van der Waals surface area contributed by atoms with E-state index in [1.807, 2.05) is 12.3 Å². The Morgan fingerprint density at radius 1 is 0.704 bits per heavy atom. The second-order valence-corrected chi connectivity index (χ2v) is 7.05. The molecule has 1 aliphatic rings. The van der Waals surface area contributed by atoms with E-state index in [2.05, 4.69) is 76.7 Å². The molecule has 6 rings (SSSR count). The monoisotopic (exact) mass is 347 g/mol. The van der Waals surface area contributed by atoms with Crippen LogP contribution >= 0.6 is 0 Å². The van der Waals surface area contributed by atoms with Crippen molar-refractivity contribution in [3.63, 3.8) is 0 Å². The summed E-state index contributed by atoms with van der Waals surface area (Å²) in [5, 5.41) is 1.18. The van der Waals surface area contributed by atoms with Crippen LogP contribution in [0.5, 0.6) is 0 Å². The molecule has 0 saturated carbocycles. The second kappa shape index (κ2) is 5.45. The number of hydrogen-bond donors (Lipinski definition) is 2. The molecule has 0 saturated heterocycles. The quantitative estimate of drug-likeness (QED) is 0.388. The minimum absolute atomic E-state index is 0.906. The van der Waals surface area contributed by atoms with Gasteiger partial charge in [-0.25, -0.2) is 4.98 Å². The van der Waals surface area contributed by atoms with E-state index in [9.17, 15) is 0 Å². The highest BCUT2D eigenvalue weighted by Crippen LogP contribution is 2.41. The highest BCUT2D eigenvalue weighted by atomic mass is 14.9.